The summed E-state index contributed by atoms with van der Waals surface area (Å²) in [6, 6.07) is -0.905. The Labute approximate surface area is 101 Å². The largest absolute Gasteiger partial charge is 0.481 e. The number of nitrogens with zero attached hydrogens (tertiary/aromatic N) is 1. The van der Waals surface area contributed by atoms with Crippen LogP contribution < -0.4 is 5.32 Å². The highest BCUT2D eigenvalue weighted by molar-refractivity contribution is 5.76. The van der Waals surface area contributed by atoms with Gasteiger partial charge in [0.2, 0.25) is 0 Å². The number of carbonyl (C=O) groups excluding carboxylic acids is 1. The molecule has 0 heterocycles. The monoisotopic (exact) mass is 244 g/mol. The van der Waals surface area contributed by atoms with E-state index in [1.165, 1.54) is 4.90 Å². The quantitative estimate of drug-likeness (QED) is 0.625. The van der Waals surface area contributed by atoms with Gasteiger partial charge in [0.1, 0.15) is 0 Å². The van der Waals surface area contributed by atoms with Gasteiger partial charge in [0.15, 0.2) is 0 Å². The third kappa shape index (κ3) is 4.22. The van der Waals surface area contributed by atoms with Crippen LogP contribution in [-0.2, 0) is 4.79 Å². The van der Waals surface area contributed by atoms with Crippen LogP contribution in [0.4, 0.5) is 4.79 Å². The zero-order valence-electron chi connectivity index (χ0n) is 10.2. The molecule has 0 aromatic heterocycles. The maximum Gasteiger partial charge on any atom is 0.317 e. The molecule has 0 spiro atoms. The van der Waals surface area contributed by atoms with Gasteiger partial charge in [0.25, 0.3) is 0 Å². The van der Waals surface area contributed by atoms with Crippen molar-refractivity contribution in [1.82, 2.24) is 10.2 Å². The van der Waals surface area contributed by atoms with Crippen LogP contribution in [0, 0.1) is 5.92 Å². The molecule has 6 nitrogen and oxygen atoms in total. The van der Waals surface area contributed by atoms with Gasteiger partial charge in [-0.3, -0.25) is 4.79 Å². The number of carboxylic acids is 1. The average Bonchev–Trinajstić information content (AvgIpc) is 3.09. The van der Waals surface area contributed by atoms with Crippen molar-refractivity contribution in [2.24, 2.45) is 5.92 Å². The smallest absolute Gasteiger partial charge is 0.317 e. The van der Waals surface area contributed by atoms with Gasteiger partial charge in [-0.1, -0.05) is 0 Å². The van der Waals surface area contributed by atoms with E-state index in [1.54, 1.807) is 14.0 Å². The maximum absolute atomic E-state index is 11.8. The first-order valence-electron chi connectivity index (χ1n) is 5.81. The third-order valence-corrected chi connectivity index (χ3v) is 3.14. The van der Waals surface area contributed by atoms with E-state index < -0.39 is 5.97 Å². The molecule has 6 heteroatoms. The molecule has 0 aliphatic heterocycles. The van der Waals surface area contributed by atoms with Crippen LogP contribution in [0.5, 0.6) is 0 Å². The van der Waals surface area contributed by atoms with Gasteiger partial charge in [0, 0.05) is 13.1 Å². The molecule has 1 saturated carbocycles. The fourth-order valence-electron chi connectivity index (χ4n) is 1.61. The van der Waals surface area contributed by atoms with Crippen LogP contribution in [0.25, 0.3) is 0 Å². The number of urea groups is 1. The highest BCUT2D eigenvalue weighted by Crippen LogP contribution is 2.34. The molecule has 0 radical (unpaired) electrons. The number of aliphatic hydroxyl groups is 1. The normalized spacial score (nSPS) is 18.3. The lowest BCUT2D eigenvalue weighted by molar-refractivity contribution is -0.137. The Morgan fingerprint density at radius 3 is 2.47 bits per heavy atom. The first-order valence-corrected chi connectivity index (χ1v) is 5.81. The zero-order valence-corrected chi connectivity index (χ0v) is 10.2. The number of nitrogens with one attached hydrogen (secondary N) is 1. The number of rotatable bonds is 6. The summed E-state index contributed by atoms with van der Waals surface area (Å²) in [6.45, 7) is 1.61. The van der Waals surface area contributed by atoms with Crippen molar-refractivity contribution in [2.45, 2.75) is 38.3 Å². The highest BCUT2D eigenvalue weighted by Gasteiger charge is 2.34. The number of carbonyl (C=O) groups is 2. The van der Waals surface area contributed by atoms with E-state index in [4.69, 9.17) is 10.2 Å². The number of aliphatic carboxylic acids is 1. The standard InChI is InChI=1S/C11H20N2O4/c1-7(6-14)13(2)11(17)12-9(5-10(15)16)8-3-4-8/h7-9,14H,3-6H2,1-2H3,(H,12,17)(H,15,16). The van der Waals surface area contributed by atoms with Crippen molar-refractivity contribution in [1.29, 1.82) is 0 Å². The molecule has 0 aromatic rings. The van der Waals surface area contributed by atoms with Crippen LogP contribution in [0.3, 0.4) is 0 Å². The van der Waals surface area contributed by atoms with Crippen molar-refractivity contribution < 1.29 is 19.8 Å². The molecular formula is C11H20N2O4. The summed E-state index contributed by atoms with van der Waals surface area (Å²) in [4.78, 5) is 23.8. The lowest BCUT2D eigenvalue weighted by Gasteiger charge is -2.26. The van der Waals surface area contributed by atoms with Gasteiger partial charge in [-0.2, -0.15) is 0 Å². The number of likely N-dealkylation sites (N-methyl/N-ethyl adjacent to an activating group) is 1. The molecule has 98 valence electrons. The minimum Gasteiger partial charge on any atom is -0.481 e. The molecule has 1 aliphatic rings. The molecule has 0 bridgehead atoms. The summed E-state index contributed by atoms with van der Waals surface area (Å²) in [6.07, 6.45) is 1.90. The third-order valence-electron chi connectivity index (χ3n) is 3.14. The van der Waals surface area contributed by atoms with E-state index in [2.05, 4.69) is 5.32 Å². The fourth-order valence-corrected chi connectivity index (χ4v) is 1.61. The Hall–Kier alpha value is -1.30. The first-order chi connectivity index (χ1) is 7.95. The number of aliphatic hydroxyl groups excluding tert-OH is 1. The lowest BCUT2D eigenvalue weighted by Crippen LogP contribution is -2.48. The number of carboxylic acid groups (broad SMARTS) is 1. The van der Waals surface area contributed by atoms with Gasteiger partial charge in [-0.05, 0) is 25.7 Å². The summed E-state index contributed by atoms with van der Waals surface area (Å²) < 4.78 is 0. The van der Waals surface area contributed by atoms with Crippen molar-refractivity contribution >= 4 is 12.0 Å². The van der Waals surface area contributed by atoms with Gasteiger partial charge >= 0.3 is 12.0 Å². The second kappa shape index (κ2) is 5.86. The van der Waals surface area contributed by atoms with Gasteiger partial charge in [-0.15, -0.1) is 0 Å². The Morgan fingerprint density at radius 1 is 1.47 bits per heavy atom. The molecule has 0 aromatic carbocycles. The minimum atomic E-state index is -0.903. The molecule has 1 rings (SSSR count). The summed E-state index contributed by atoms with van der Waals surface area (Å²) in [5, 5.41) is 20.4. The second-order valence-electron chi connectivity index (χ2n) is 4.63. The maximum atomic E-state index is 11.8. The fraction of sp³-hybridized carbons (Fsp3) is 0.818. The predicted molar refractivity (Wildman–Crippen MR) is 61.6 cm³/mol. The van der Waals surface area contributed by atoms with Gasteiger partial charge < -0.3 is 20.4 Å². The molecule has 17 heavy (non-hydrogen) atoms. The van der Waals surface area contributed by atoms with E-state index in [0.717, 1.165) is 12.8 Å². The molecule has 0 saturated heterocycles. The van der Waals surface area contributed by atoms with Gasteiger partial charge in [-0.25, -0.2) is 4.79 Å². The van der Waals surface area contributed by atoms with E-state index in [1.807, 2.05) is 0 Å². The minimum absolute atomic E-state index is 0.0439. The van der Waals surface area contributed by atoms with Gasteiger partial charge in [0.05, 0.1) is 19.1 Å². The summed E-state index contributed by atoms with van der Waals surface area (Å²) in [5.41, 5.74) is 0. The highest BCUT2D eigenvalue weighted by atomic mass is 16.4. The van der Waals surface area contributed by atoms with Crippen LogP contribution in [0.1, 0.15) is 26.2 Å². The molecule has 1 aliphatic carbocycles. The SMILES string of the molecule is CC(CO)N(C)C(=O)NC(CC(=O)O)C1CC1. The van der Waals surface area contributed by atoms with Crippen LogP contribution >= 0.6 is 0 Å². The Kier molecular flexibility index (Phi) is 4.74. The van der Waals surface area contributed by atoms with E-state index in [0.29, 0.717) is 0 Å². The number of amides is 2. The zero-order chi connectivity index (χ0) is 13.0. The number of hydrogen-bond donors (Lipinski definition) is 3. The van der Waals surface area contributed by atoms with Crippen LogP contribution in [0.2, 0.25) is 0 Å². The van der Waals surface area contributed by atoms with E-state index in [9.17, 15) is 9.59 Å². The molecule has 2 amide bonds. The Balaban J connectivity index is 2.48. The van der Waals surface area contributed by atoms with E-state index >= 15 is 0 Å². The van der Waals surface area contributed by atoms with Crippen LogP contribution in [0.15, 0.2) is 0 Å². The van der Waals surface area contributed by atoms with E-state index in [-0.39, 0.29) is 37.1 Å². The summed E-state index contributed by atoms with van der Waals surface area (Å²) >= 11 is 0. The number of hydrogen-bond acceptors (Lipinski definition) is 3. The first kappa shape index (κ1) is 13.8. The summed E-state index contributed by atoms with van der Waals surface area (Å²) in [5.74, 6) is -0.618. The van der Waals surface area contributed by atoms with Crippen molar-refractivity contribution in [3.8, 4) is 0 Å². The lowest BCUT2D eigenvalue weighted by atomic mass is 10.1. The van der Waals surface area contributed by atoms with Crippen molar-refractivity contribution in [2.75, 3.05) is 13.7 Å². The predicted octanol–water partition coefficient (Wildman–Crippen LogP) is 0.262. The second-order valence-corrected chi connectivity index (χ2v) is 4.63. The van der Waals surface area contributed by atoms with Crippen LogP contribution in [-0.4, -0.2) is 52.9 Å². The Bertz CT molecular complexity index is 291. The molecule has 3 N–H and O–H groups in total. The average molecular weight is 244 g/mol. The summed E-state index contributed by atoms with van der Waals surface area (Å²) in [7, 11) is 1.58. The molecular weight excluding hydrogens is 224 g/mol. The van der Waals surface area contributed by atoms with Crippen molar-refractivity contribution in [3.63, 3.8) is 0 Å². The Morgan fingerprint density at radius 2 is 2.06 bits per heavy atom. The topological polar surface area (TPSA) is 89.9 Å². The molecule has 2 atom stereocenters. The van der Waals surface area contributed by atoms with Crippen molar-refractivity contribution in [3.05, 3.63) is 0 Å². The molecule has 1 fully saturated rings. The molecule has 2 unspecified atom stereocenters.